The van der Waals surface area contributed by atoms with Gasteiger partial charge < -0.3 is 9.57 Å². The summed E-state index contributed by atoms with van der Waals surface area (Å²) in [6.45, 7) is 2.86. The van der Waals surface area contributed by atoms with Crippen LogP contribution in [0.2, 0.25) is 0 Å². The highest BCUT2D eigenvalue weighted by atomic mass is 35.5. The lowest BCUT2D eigenvalue weighted by Gasteiger charge is -2.17. The molecule has 0 aliphatic heterocycles. The number of hydrogen-bond acceptors (Lipinski definition) is 4. The Labute approximate surface area is 101 Å². The van der Waals surface area contributed by atoms with Crippen molar-refractivity contribution in [3.8, 4) is 0 Å². The molecule has 1 aliphatic rings. The second kappa shape index (κ2) is 7.63. The first-order valence-corrected chi connectivity index (χ1v) is 6.16. The molecule has 1 saturated carbocycles. The van der Waals surface area contributed by atoms with E-state index >= 15 is 0 Å². The van der Waals surface area contributed by atoms with Crippen LogP contribution in [0.25, 0.3) is 0 Å². The minimum absolute atomic E-state index is 0.0755. The van der Waals surface area contributed by atoms with Crippen molar-refractivity contribution in [1.82, 2.24) is 0 Å². The van der Waals surface area contributed by atoms with Crippen LogP contribution >= 0.6 is 11.6 Å². The van der Waals surface area contributed by atoms with Crippen LogP contribution in [0.15, 0.2) is 5.16 Å². The molecule has 16 heavy (non-hydrogen) atoms. The molecule has 1 unspecified atom stereocenters. The van der Waals surface area contributed by atoms with Crippen LogP contribution in [0.4, 0.5) is 0 Å². The van der Waals surface area contributed by atoms with E-state index in [1.807, 2.05) is 6.92 Å². The standard InChI is InChI=1S/C11H18ClNO3/c1-2-15-8-7-11(14)16-13-10-6-4-3-5-9(10)12/h9H,2-8H2,1H3. The molecular weight excluding hydrogens is 230 g/mol. The molecule has 0 saturated heterocycles. The third kappa shape index (κ3) is 4.94. The van der Waals surface area contributed by atoms with E-state index in [0.29, 0.717) is 13.2 Å². The lowest BCUT2D eigenvalue weighted by atomic mass is 9.98. The van der Waals surface area contributed by atoms with E-state index in [2.05, 4.69) is 5.16 Å². The van der Waals surface area contributed by atoms with Gasteiger partial charge in [-0.05, 0) is 26.2 Å². The average molecular weight is 248 g/mol. The molecule has 0 heterocycles. The lowest BCUT2D eigenvalue weighted by molar-refractivity contribution is -0.144. The van der Waals surface area contributed by atoms with Crippen molar-refractivity contribution in [3.05, 3.63) is 0 Å². The van der Waals surface area contributed by atoms with E-state index in [-0.39, 0.29) is 17.8 Å². The van der Waals surface area contributed by atoms with Crippen molar-refractivity contribution in [2.24, 2.45) is 5.16 Å². The van der Waals surface area contributed by atoms with Gasteiger partial charge >= 0.3 is 5.97 Å². The molecule has 1 aliphatic carbocycles. The van der Waals surface area contributed by atoms with Crippen molar-refractivity contribution in [2.45, 2.75) is 44.4 Å². The zero-order chi connectivity index (χ0) is 11.8. The highest BCUT2D eigenvalue weighted by molar-refractivity contribution is 6.32. The Kier molecular flexibility index (Phi) is 6.42. The van der Waals surface area contributed by atoms with E-state index < -0.39 is 0 Å². The zero-order valence-corrected chi connectivity index (χ0v) is 10.3. The number of rotatable bonds is 5. The Balaban J connectivity index is 2.25. The van der Waals surface area contributed by atoms with E-state index in [1.54, 1.807) is 0 Å². The Bertz CT molecular complexity index is 256. The molecule has 0 N–H and O–H groups in total. The molecule has 0 aromatic carbocycles. The molecule has 0 aromatic rings. The minimum Gasteiger partial charge on any atom is -0.381 e. The number of alkyl halides is 1. The number of nitrogens with zero attached hydrogens (tertiary/aromatic N) is 1. The lowest BCUT2D eigenvalue weighted by Crippen LogP contribution is -2.20. The fraction of sp³-hybridized carbons (Fsp3) is 0.818. The van der Waals surface area contributed by atoms with Gasteiger partial charge in [-0.2, -0.15) is 0 Å². The first-order valence-electron chi connectivity index (χ1n) is 5.72. The average Bonchev–Trinajstić information content (AvgIpc) is 2.28. The summed E-state index contributed by atoms with van der Waals surface area (Å²) >= 11 is 6.05. The van der Waals surface area contributed by atoms with Crippen LogP contribution in [0, 0.1) is 0 Å². The SMILES string of the molecule is CCOCCC(=O)ON=C1CCCCC1Cl. The molecule has 0 spiro atoms. The zero-order valence-electron chi connectivity index (χ0n) is 9.58. The van der Waals surface area contributed by atoms with E-state index in [1.165, 1.54) is 0 Å². The van der Waals surface area contributed by atoms with Crippen LogP contribution in [0.1, 0.15) is 39.0 Å². The normalized spacial score (nSPS) is 23.4. The van der Waals surface area contributed by atoms with Gasteiger partial charge in [0.25, 0.3) is 0 Å². The second-order valence-electron chi connectivity index (χ2n) is 3.71. The summed E-state index contributed by atoms with van der Waals surface area (Å²) in [6.07, 6.45) is 4.16. The maximum Gasteiger partial charge on any atom is 0.337 e. The molecule has 0 aromatic heterocycles. The van der Waals surface area contributed by atoms with E-state index in [0.717, 1.165) is 31.4 Å². The highest BCUT2D eigenvalue weighted by Gasteiger charge is 2.18. The van der Waals surface area contributed by atoms with Gasteiger partial charge in [0.15, 0.2) is 0 Å². The summed E-state index contributed by atoms with van der Waals surface area (Å²) < 4.78 is 5.04. The Morgan fingerprint density at radius 1 is 1.56 bits per heavy atom. The first kappa shape index (κ1) is 13.5. The molecule has 1 fully saturated rings. The largest absolute Gasteiger partial charge is 0.381 e. The van der Waals surface area contributed by atoms with Crippen LogP contribution in [-0.2, 0) is 14.4 Å². The maximum absolute atomic E-state index is 11.2. The summed E-state index contributed by atoms with van der Waals surface area (Å²) in [6, 6.07) is 0. The summed E-state index contributed by atoms with van der Waals surface area (Å²) in [7, 11) is 0. The second-order valence-corrected chi connectivity index (χ2v) is 4.23. The first-order chi connectivity index (χ1) is 7.74. The van der Waals surface area contributed by atoms with Gasteiger partial charge in [-0.15, -0.1) is 11.6 Å². The van der Waals surface area contributed by atoms with Gasteiger partial charge in [-0.1, -0.05) is 11.6 Å². The maximum atomic E-state index is 11.2. The van der Waals surface area contributed by atoms with Gasteiger partial charge in [0.1, 0.15) is 0 Å². The molecule has 0 bridgehead atoms. The number of halogens is 1. The van der Waals surface area contributed by atoms with Gasteiger partial charge in [-0.3, -0.25) is 0 Å². The molecular formula is C11H18ClNO3. The minimum atomic E-state index is -0.365. The predicted molar refractivity (Wildman–Crippen MR) is 62.7 cm³/mol. The number of oxime groups is 1. The topological polar surface area (TPSA) is 47.9 Å². The summed E-state index contributed by atoms with van der Waals surface area (Å²) in [5.41, 5.74) is 0.790. The van der Waals surface area contributed by atoms with Crippen molar-refractivity contribution in [3.63, 3.8) is 0 Å². The summed E-state index contributed by atoms with van der Waals surface area (Å²) in [5, 5.41) is 3.75. The fourth-order valence-electron chi connectivity index (χ4n) is 1.51. The van der Waals surface area contributed by atoms with Crippen molar-refractivity contribution >= 4 is 23.3 Å². The Morgan fingerprint density at radius 3 is 3.06 bits per heavy atom. The number of hydrogen-bond donors (Lipinski definition) is 0. The van der Waals surface area contributed by atoms with Gasteiger partial charge in [0.2, 0.25) is 0 Å². The van der Waals surface area contributed by atoms with Crippen molar-refractivity contribution in [1.29, 1.82) is 0 Å². The van der Waals surface area contributed by atoms with Crippen molar-refractivity contribution < 1.29 is 14.4 Å². The van der Waals surface area contributed by atoms with Crippen LogP contribution < -0.4 is 0 Å². The third-order valence-corrected chi connectivity index (χ3v) is 2.89. The molecule has 0 radical (unpaired) electrons. The van der Waals surface area contributed by atoms with E-state index in [9.17, 15) is 4.79 Å². The van der Waals surface area contributed by atoms with Crippen molar-refractivity contribution in [2.75, 3.05) is 13.2 Å². The number of ether oxygens (including phenoxy) is 1. The van der Waals surface area contributed by atoms with E-state index in [4.69, 9.17) is 21.2 Å². The van der Waals surface area contributed by atoms with Crippen LogP contribution in [0.5, 0.6) is 0 Å². The Hall–Kier alpha value is -0.610. The molecule has 4 nitrogen and oxygen atoms in total. The molecule has 92 valence electrons. The molecule has 1 atom stereocenters. The summed E-state index contributed by atoms with van der Waals surface area (Å²) in [5.74, 6) is -0.365. The monoisotopic (exact) mass is 247 g/mol. The van der Waals surface area contributed by atoms with Crippen LogP contribution in [-0.4, -0.2) is 30.3 Å². The molecule has 0 amide bonds. The predicted octanol–water partition coefficient (Wildman–Crippen LogP) is 2.49. The Morgan fingerprint density at radius 2 is 2.38 bits per heavy atom. The quantitative estimate of drug-likeness (QED) is 0.325. The summed E-state index contributed by atoms with van der Waals surface area (Å²) in [4.78, 5) is 16.0. The number of carbonyl (C=O) groups excluding carboxylic acids is 1. The third-order valence-electron chi connectivity index (χ3n) is 2.42. The number of carbonyl (C=O) groups is 1. The smallest absolute Gasteiger partial charge is 0.337 e. The molecule has 5 heteroatoms. The van der Waals surface area contributed by atoms with Gasteiger partial charge in [0, 0.05) is 6.61 Å². The van der Waals surface area contributed by atoms with Gasteiger partial charge in [0.05, 0.1) is 24.1 Å². The fourth-order valence-corrected chi connectivity index (χ4v) is 1.81. The van der Waals surface area contributed by atoms with Gasteiger partial charge in [-0.25, -0.2) is 4.79 Å². The molecule has 1 rings (SSSR count). The van der Waals surface area contributed by atoms with Crippen LogP contribution in [0.3, 0.4) is 0 Å². The highest BCUT2D eigenvalue weighted by Crippen LogP contribution is 2.20.